The molecule has 1 N–H and O–H groups in total. The lowest BCUT2D eigenvalue weighted by molar-refractivity contribution is 0.210. The Kier molecular flexibility index (Phi) is 4.14. The molecule has 6 nitrogen and oxygen atoms in total. The van der Waals surface area contributed by atoms with Crippen LogP contribution in [0.15, 0.2) is 28.8 Å². The van der Waals surface area contributed by atoms with Crippen LogP contribution in [0.1, 0.15) is 32.1 Å². The highest BCUT2D eigenvalue weighted by atomic mass is 16.5. The first kappa shape index (κ1) is 15.4. The van der Waals surface area contributed by atoms with E-state index in [9.17, 15) is 0 Å². The molecule has 2 saturated heterocycles. The zero-order valence-electron chi connectivity index (χ0n) is 14.1. The van der Waals surface area contributed by atoms with Gasteiger partial charge in [0.15, 0.2) is 0 Å². The molecule has 0 saturated carbocycles. The first-order valence-corrected chi connectivity index (χ1v) is 8.76. The highest BCUT2D eigenvalue weighted by molar-refractivity contribution is 5.57. The van der Waals surface area contributed by atoms with Gasteiger partial charge in [0.1, 0.15) is 5.75 Å². The van der Waals surface area contributed by atoms with Gasteiger partial charge >= 0.3 is 6.01 Å². The first-order chi connectivity index (χ1) is 11.8. The smallest absolute Gasteiger partial charge is 0.324 e. The number of anilines is 1. The number of rotatable bonds is 3. The zero-order valence-corrected chi connectivity index (χ0v) is 14.1. The molecule has 3 heterocycles. The molecule has 1 atom stereocenters. The van der Waals surface area contributed by atoms with Gasteiger partial charge in [-0.25, -0.2) is 0 Å². The first-order valence-electron chi connectivity index (χ1n) is 8.76. The summed E-state index contributed by atoms with van der Waals surface area (Å²) in [4.78, 5) is 6.86. The number of methoxy groups -OCH3 is 1. The van der Waals surface area contributed by atoms with Gasteiger partial charge in [0, 0.05) is 24.2 Å². The Morgan fingerprint density at radius 2 is 2.00 bits per heavy atom. The lowest BCUT2D eigenvalue weighted by Gasteiger charge is -2.45. The van der Waals surface area contributed by atoms with Crippen molar-refractivity contribution in [3.05, 3.63) is 24.3 Å². The number of nitrogens with one attached hydrogen (secondary N) is 1. The van der Waals surface area contributed by atoms with Crippen molar-refractivity contribution in [3.63, 3.8) is 0 Å². The van der Waals surface area contributed by atoms with Gasteiger partial charge in [0.25, 0.3) is 0 Å². The summed E-state index contributed by atoms with van der Waals surface area (Å²) in [5, 5.41) is 7.90. The van der Waals surface area contributed by atoms with E-state index in [1.165, 1.54) is 25.7 Å². The molecule has 2 fully saturated rings. The lowest BCUT2D eigenvalue weighted by Crippen LogP contribution is -2.59. The molecule has 24 heavy (non-hydrogen) atoms. The number of hydrogen-bond acceptors (Lipinski definition) is 6. The summed E-state index contributed by atoms with van der Waals surface area (Å²) >= 11 is 0. The van der Waals surface area contributed by atoms with Gasteiger partial charge in [-0.05, 0) is 56.5 Å². The molecule has 1 unspecified atom stereocenters. The molecule has 1 aromatic heterocycles. The van der Waals surface area contributed by atoms with Crippen LogP contribution in [0.5, 0.6) is 5.75 Å². The average Bonchev–Trinajstić information content (AvgIpc) is 3.13. The Morgan fingerprint density at radius 3 is 2.75 bits per heavy atom. The van der Waals surface area contributed by atoms with E-state index in [4.69, 9.17) is 9.26 Å². The average molecular weight is 328 g/mol. The normalized spacial score (nSPS) is 24.3. The lowest BCUT2D eigenvalue weighted by atomic mass is 9.82. The molecule has 6 heteroatoms. The quantitative estimate of drug-likeness (QED) is 0.935. The van der Waals surface area contributed by atoms with Crippen LogP contribution in [-0.4, -0.2) is 42.4 Å². The minimum Gasteiger partial charge on any atom is -0.497 e. The number of aromatic nitrogens is 2. The maximum absolute atomic E-state index is 5.55. The molecule has 2 aliphatic heterocycles. The zero-order chi connectivity index (χ0) is 16.4. The number of hydrogen-bond donors (Lipinski definition) is 1. The maximum atomic E-state index is 5.55. The second kappa shape index (κ2) is 6.43. The maximum Gasteiger partial charge on any atom is 0.324 e. The molecule has 0 aliphatic carbocycles. The van der Waals surface area contributed by atoms with Crippen molar-refractivity contribution in [2.45, 2.75) is 37.6 Å². The molecule has 1 aromatic carbocycles. The molecule has 128 valence electrons. The third kappa shape index (κ3) is 2.98. The molecule has 2 aromatic rings. The summed E-state index contributed by atoms with van der Waals surface area (Å²) in [6.07, 6.45) is 6.23. The summed E-state index contributed by atoms with van der Waals surface area (Å²) in [7, 11) is 1.66. The SMILES string of the molecule is COc1ccc(-c2noc(N3CCCC4(CCCCN4)C3)n2)cc1. The Labute approximate surface area is 142 Å². The predicted octanol–water partition coefficient (Wildman–Crippen LogP) is 2.86. The van der Waals surface area contributed by atoms with Gasteiger partial charge in [-0.15, -0.1) is 0 Å². The number of nitrogens with zero attached hydrogens (tertiary/aromatic N) is 3. The van der Waals surface area contributed by atoms with Gasteiger partial charge in [0.05, 0.1) is 7.11 Å². The van der Waals surface area contributed by atoms with Crippen LogP contribution in [0.2, 0.25) is 0 Å². The third-order valence-corrected chi connectivity index (χ3v) is 5.19. The van der Waals surface area contributed by atoms with E-state index in [1.54, 1.807) is 7.11 Å². The molecule has 0 bridgehead atoms. The van der Waals surface area contributed by atoms with E-state index in [0.717, 1.165) is 37.4 Å². The fourth-order valence-electron chi connectivity index (χ4n) is 3.87. The molecular formula is C18H24N4O2. The Morgan fingerprint density at radius 1 is 1.17 bits per heavy atom. The molecule has 0 amide bonds. The summed E-state index contributed by atoms with van der Waals surface area (Å²) < 4.78 is 10.7. The second-order valence-corrected chi connectivity index (χ2v) is 6.82. The Bertz CT molecular complexity index is 671. The minimum absolute atomic E-state index is 0.227. The van der Waals surface area contributed by atoms with Gasteiger partial charge < -0.3 is 19.5 Å². The van der Waals surface area contributed by atoms with Crippen molar-refractivity contribution >= 4 is 6.01 Å². The molecular weight excluding hydrogens is 304 g/mol. The fraction of sp³-hybridized carbons (Fsp3) is 0.556. The fourth-order valence-corrected chi connectivity index (χ4v) is 3.87. The van der Waals surface area contributed by atoms with Crippen molar-refractivity contribution < 1.29 is 9.26 Å². The van der Waals surface area contributed by atoms with E-state index >= 15 is 0 Å². The van der Waals surface area contributed by atoms with E-state index in [2.05, 4.69) is 20.4 Å². The summed E-state index contributed by atoms with van der Waals surface area (Å²) in [6, 6.07) is 8.36. The van der Waals surface area contributed by atoms with E-state index in [-0.39, 0.29) is 5.54 Å². The predicted molar refractivity (Wildman–Crippen MR) is 92.3 cm³/mol. The number of benzene rings is 1. The van der Waals surface area contributed by atoms with Crippen LogP contribution >= 0.6 is 0 Å². The van der Waals surface area contributed by atoms with Crippen LogP contribution in [0.4, 0.5) is 6.01 Å². The van der Waals surface area contributed by atoms with Crippen LogP contribution in [0.25, 0.3) is 11.4 Å². The van der Waals surface area contributed by atoms with Crippen molar-refractivity contribution in [1.29, 1.82) is 0 Å². The van der Waals surface area contributed by atoms with Crippen LogP contribution in [0, 0.1) is 0 Å². The Hall–Kier alpha value is -2.08. The van der Waals surface area contributed by atoms with Crippen LogP contribution < -0.4 is 15.0 Å². The standard InChI is InChI=1S/C18H24N4O2/c1-23-15-7-5-14(6-8-15)16-20-17(24-21-16)22-12-4-10-18(13-22)9-2-3-11-19-18/h5-8,19H,2-4,9-13H2,1H3. The molecule has 4 rings (SSSR count). The van der Waals surface area contributed by atoms with Gasteiger partial charge in [-0.3, -0.25) is 0 Å². The Balaban J connectivity index is 1.51. The van der Waals surface area contributed by atoms with Gasteiger partial charge in [-0.2, -0.15) is 4.98 Å². The van der Waals surface area contributed by atoms with Crippen molar-refractivity contribution in [1.82, 2.24) is 15.5 Å². The van der Waals surface area contributed by atoms with E-state index in [0.29, 0.717) is 11.8 Å². The summed E-state index contributed by atoms with van der Waals surface area (Å²) in [5.74, 6) is 1.45. The number of piperidine rings is 2. The molecule has 2 aliphatic rings. The monoisotopic (exact) mass is 328 g/mol. The van der Waals surface area contributed by atoms with Crippen molar-refractivity contribution in [3.8, 4) is 17.1 Å². The van der Waals surface area contributed by atoms with Crippen LogP contribution in [-0.2, 0) is 0 Å². The van der Waals surface area contributed by atoms with Gasteiger partial charge in [-0.1, -0.05) is 11.6 Å². The van der Waals surface area contributed by atoms with Crippen molar-refractivity contribution in [2.75, 3.05) is 31.6 Å². The summed E-state index contributed by atoms with van der Waals surface area (Å²) in [5.41, 5.74) is 1.17. The molecule has 0 radical (unpaired) electrons. The molecule has 1 spiro atoms. The summed E-state index contributed by atoms with van der Waals surface area (Å²) in [6.45, 7) is 3.06. The minimum atomic E-state index is 0.227. The largest absolute Gasteiger partial charge is 0.497 e. The van der Waals surface area contributed by atoms with E-state index in [1.807, 2.05) is 24.3 Å². The highest BCUT2D eigenvalue weighted by Gasteiger charge is 2.37. The van der Waals surface area contributed by atoms with Crippen LogP contribution in [0.3, 0.4) is 0 Å². The van der Waals surface area contributed by atoms with Crippen molar-refractivity contribution in [2.24, 2.45) is 0 Å². The topological polar surface area (TPSA) is 63.4 Å². The van der Waals surface area contributed by atoms with Gasteiger partial charge in [0.2, 0.25) is 5.82 Å². The second-order valence-electron chi connectivity index (χ2n) is 6.82. The number of ether oxygens (including phenoxy) is 1. The highest BCUT2D eigenvalue weighted by Crippen LogP contribution is 2.32. The van der Waals surface area contributed by atoms with E-state index < -0.39 is 0 Å². The third-order valence-electron chi connectivity index (χ3n) is 5.19.